The summed E-state index contributed by atoms with van der Waals surface area (Å²) in [6.45, 7) is 5.52. The van der Waals surface area contributed by atoms with Crippen molar-refractivity contribution in [3.05, 3.63) is 17.7 Å². The molecule has 1 aromatic carbocycles. The Hall–Kier alpha value is -2.44. The Morgan fingerprint density at radius 1 is 0.892 bits per heavy atom. The topological polar surface area (TPSA) is 74.3 Å². The maximum atomic E-state index is 12.5. The van der Waals surface area contributed by atoms with E-state index in [1.165, 1.54) is 57.8 Å². The van der Waals surface area contributed by atoms with Crippen LogP contribution in [-0.4, -0.2) is 56.8 Å². The Balaban J connectivity index is 0.000000259. The van der Waals surface area contributed by atoms with Crippen LogP contribution in [0, 0.1) is 0 Å². The second-order valence-electron chi connectivity index (χ2n) is 10.6. The van der Waals surface area contributed by atoms with Gasteiger partial charge in [0.1, 0.15) is 5.60 Å². The molecule has 4 rings (SSSR count). The van der Waals surface area contributed by atoms with Crippen LogP contribution in [0.25, 0.3) is 0 Å². The molecule has 1 atom stereocenters. The zero-order valence-electron chi connectivity index (χ0n) is 23.8. The molecule has 2 saturated carbocycles. The summed E-state index contributed by atoms with van der Waals surface area (Å²) in [6.07, 6.45) is 17.2. The fraction of sp³-hybridized carbons (Fsp3) is 0.733. The lowest BCUT2D eigenvalue weighted by molar-refractivity contribution is -0.141. The standard InChI is InChI=1S/C17H25NO4.C7H12O2.C6H12/c1-12-7-5-6-8-18(12)16(19)11-13-9-14(20-2)17(22-4)15(10-13)21-3;1-7(9-6-8)4-2-3-5-7;1-2-4-6-5-3-1/h9-10,12H,5-8,11H2,1-4H3;6H,2-5H2,1H3;1-6H2. The van der Waals surface area contributed by atoms with Crippen molar-refractivity contribution < 1.29 is 28.5 Å². The number of benzene rings is 1. The van der Waals surface area contributed by atoms with Crippen molar-refractivity contribution in [3.8, 4) is 17.2 Å². The molecule has 1 heterocycles. The normalized spacial score (nSPS) is 20.4. The van der Waals surface area contributed by atoms with Crippen LogP contribution in [-0.2, 0) is 20.7 Å². The number of nitrogens with zero attached hydrogens (tertiary/aromatic N) is 1. The second-order valence-corrected chi connectivity index (χ2v) is 10.6. The number of hydrogen-bond acceptors (Lipinski definition) is 6. The first-order valence-electron chi connectivity index (χ1n) is 14.1. The van der Waals surface area contributed by atoms with E-state index in [0.29, 0.717) is 36.2 Å². The Morgan fingerprint density at radius 3 is 1.86 bits per heavy atom. The van der Waals surface area contributed by atoms with Gasteiger partial charge in [-0.05, 0) is 76.5 Å². The minimum atomic E-state index is -0.123. The molecule has 0 N–H and O–H groups in total. The first-order chi connectivity index (χ1) is 17.9. The van der Waals surface area contributed by atoms with Gasteiger partial charge in [0.25, 0.3) is 6.47 Å². The summed E-state index contributed by atoms with van der Waals surface area (Å²) in [5.74, 6) is 1.86. The van der Waals surface area contributed by atoms with Gasteiger partial charge in [-0.2, -0.15) is 0 Å². The molecule has 1 amide bonds. The lowest BCUT2D eigenvalue weighted by Gasteiger charge is -2.33. The maximum absolute atomic E-state index is 12.5. The number of carbonyl (C=O) groups is 2. The van der Waals surface area contributed by atoms with Gasteiger partial charge in [0.2, 0.25) is 11.7 Å². The number of hydrogen-bond donors (Lipinski definition) is 0. The number of carbonyl (C=O) groups excluding carboxylic acids is 2. The highest BCUT2D eigenvalue weighted by molar-refractivity contribution is 5.79. The number of methoxy groups -OCH3 is 3. The van der Waals surface area contributed by atoms with Crippen LogP contribution in [0.3, 0.4) is 0 Å². The van der Waals surface area contributed by atoms with E-state index in [1.807, 2.05) is 24.0 Å². The lowest BCUT2D eigenvalue weighted by Crippen LogP contribution is -2.42. The van der Waals surface area contributed by atoms with Gasteiger partial charge >= 0.3 is 0 Å². The van der Waals surface area contributed by atoms with Gasteiger partial charge < -0.3 is 23.8 Å². The van der Waals surface area contributed by atoms with Gasteiger partial charge in [-0.15, -0.1) is 0 Å². The SMILES string of the molecule is C1CCCCC1.CC1(OC=O)CCCC1.COc1cc(CC(=O)N2CCCCC2C)cc(OC)c1OC. The summed E-state index contributed by atoms with van der Waals surface area (Å²) >= 11 is 0. The Labute approximate surface area is 224 Å². The van der Waals surface area contributed by atoms with E-state index < -0.39 is 0 Å². The van der Waals surface area contributed by atoms with E-state index in [-0.39, 0.29) is 11.5 Å². The molecule has 7 nitrogen and oxygen atoms in total. The molecular formula is C30H49NO6. The van der Waals surface area contributed by atoms with Gasteiger partial charge in [-0.3, -0.25) is 9.59 Å². The van der Waals surface area contributed by atoms with Gasteiger partial charge in [0, 0.05) is 12.6 Å². The molecule has 3 aliphatic rings. The monoisotopic (exact) mass is 519 g/mol. The van der Waals surface area contributed by atoms with Crippen molar-refractivity contribution >= 4 is 12.4 Å². The molecule has 3 fully saturated rings. The van der Waals surface area contributed by atoms with Crippen molar-refractivity contribution in [2.45, 2.75) is 115 Å². The van der Waals surface area contributed by atoms with Crippen molar-refractivity contribution in [1.82, 2.24) is 4.90 Å². The van der Waals surface area contributed by atoms with Crippen LogP contribution < -0.4 is 14.2 Å². The smallest absolute Gasteiger partial charge is 0.293 e. The highest BCUT2D eigenvalue weighted by atomic mass is 16.5. The summed E-state index contributed by atoms with van der Waals surface area (Å²) in [4.78, 5) is 24.5. The van der Waals surface area contributed by atoms with Crippen LogP contribution in [0.2, 0.25) is 0 Å². The second kappa shape index (κ2) is 16.4. The molecule has 0 spiro atoms. The third-order valence-corrected chi connectivity index (χ3v) is 7.70. The zero-order valence-corrected chi connectivity index (χ0v) is 23.8. The quantitative estimate of drug-likeness (QED) is 0.384. The fourth-order valence-corrected chi connectivity index (χ4v) is 5.40. The number of piperidine rings is 1. The molecular weight excluding hydrogens is 470 g/mol. The number of likely N-dealkylation sites (tertiary alicyclic amines) is 1. The van der Waals surface area contributed by atoms with Crippen molar-refractivity contribution in [3.63, 3.8) is 0 Å². The maximum Gasteiger partial charge on any atom is 0.293 e. The van der Waals surface area contributed by atoms with Crippen LogP contribution in [0.5, 0.6) is 17.2 Å². The van der Waals surface area contributed by atoms with E-state index in [1.54, 1.807) is 21.3 Å². The van der Waals surface area contributed by atoms with Crippen molar-refractivity contribution in [2.24, 2.45) is 0 Å². The average molecular weight is 520 g/mol. The van der Waals surface area contributed by atoms with Gasteiger partial charge in [-0.25, -0.2) is 0 Å². The summed E-state index contributed by atoms with van der Waals surface area (Å²) < 4.78 is 20.9. The lowest BCUT2D eigenvalue weighted by atomic mass is 10.0. The predicted molar refractivity (Wildman–Crippen MR) is 147 cm³/mol. The first-order valence-corrected chi connectivity index (χ1v) is 14.1. The number of amides is 1. The van der Waals surface area contributed by atoms with Crippen molar-refractivity contribution in [1.29, 1.82) is 0 Å². The third-order valence-electron chi connectivity index (χ3n) is 7.70. The van der Waals surface area contributed by atoms with Gasteiger partial charge in [0.15, 0.2) is 11.5 Å². The van der Waals surface area contributed by atoms with Gasteiger partial charge in [-0.1, -0.05) is 38.5 Å². The molecule has 1 aromatic rings. The van der Waals surface area contributed by atoms with Crippen LogP contribution >= 0.6 is 0 Å². The fourth-order valence-electron chi connectivity index (χ4n) is 5.40. The van der Waals surface area contributed by atoms with E-state index in [9.17, 15) is 9.59 Å². The number of rotatable bonds is 7. The minimum Gasteiger partial charge on any atom is -0.493 e. The highest BCUT2D eigenvalue weighted by Crippen LogP contribution is 2.38. The Bertz CT molecular complexity index is 780. The summed E-state index contributed by atoms with van der Waals surface area (Å²) in [6, 6.07) is 4.00. The van der Waals surface area contributed by atoms with E-state index in [2.05, 4.69) is 6.92 Å². The molecule has 210 valence electrons. The van der Waals surface area contributed by atoms with Crippen molar-refractivity contribution in [2.75, 3.05) is 27.9 Å². The molecule has 1 unspecified atom stereocenters. The van der Waals surface area contributed by atoms with Crippen LogP contribution in [0.15, 0.2) is 12.1 Å². The third kappa shape index (κ3) is 10.1. The molecule has 2 aliphatic carbocycles. The summed E-state index contributed by atoms with van der Waals surface area (Å²) in [5, 5.41) is 0. The largest absolute Gasteiger partial charge is 0.493 e. The molecule has 1 aliphatic heterocycles. The van der Waals surface area contributed by atoms with E-state index in [4.69, 9.17) is 18.9 Å². The Kier molecular flexibility index (Phi) is 13.7. The first kappa shape index (κ1) is 30.8. The zero-order chi connectivity index (χ0) is 27.1. The van der Waals surface area contributed by atoms with E-state index >= 15 is 0 Å². The van der Waals surface area contributed by atoms with Crippen LogP contribution in [0.4, 0.5) is 0 Å². The molecule has 1 saturated heterocycles. The van der Waals surface area contributed by atoms with Gasteiger partial charge in [0.05, 0.1) is 27.8 Å². The summed E-state index contributed by atoms with van der Waals surface area (Å²) in [5.41, 5.74) is 0.749. The molecule has 7 heteroatoms. The summed E-state index contributed by atoms with van der Waals surface area (Å²) in [7, 11) is 4.73. The molecule has 0 radical (unpaired) electrons. The molecule has 37 heavy (non-hydrogen) atoms. The van der Waals surface area contributed by atoms with E-state index in [0.717, 1.165) is 37.8 Å². The predicted octanol–water partition coefficient (Wildman–Crippen LogP) is 6.49. The molecule has 0 bridgehead atoms. The highest BCUT2D eigenvalue weighted by Gasteiger charge is 2.29. The molecule has 0 aromatic heterocycles. The number of ether oxygens (including phenoxy) is 4. The minimum absolute atomic E-state index is 0.123. The average Bonchev–Trinajstić information content (AvgIpc) is 3.36. The Morgan fingerprint density at radius 2 is 1.43 bits per heavy atom. The van der Waals surface area contributed by atoms with Crippen LogP contribution in [0.1, 0.15) is 103 Å².